The minimum Gasteiger partial charge on any atom is -0.339 e. The summed E-state index contributed by atoms with van der Waals surface area (Å²) in [6.45, 7) is 0. The summed E-state index contributed by atoms with van der Waals surface area (Å²) in [6.07, 6.45) is 0. The molecule has 98 valence electrons. The topological polar surface area (TPSA) is 127 Å². The standard InChI is InChI=1S/C11H3BrClN5O2/c12-8-1-7(13)2-10(18(19)20)11(8)17-9(5-16)6(3-14)4-15/h1-2,17H. The second-order valence-electron chi connectivity index (χ2n) is 3.25. The molecule has 0 saturated carbocycles. The first-order valence-electron chi connectivity index (χ1n) is 4.79. The van der Waals surface area contributed by atoms with Crippen LogP contribution in [0.15, 0.2) is 27.9 Å². The molecule has 0 atom stereocenters. The lowest BCUT2D eigenvalue weighted by atomic mass is 10.2. The summed E-state index contributed by atoms with van der Waals surface area (Å²) in [5, 5.41) is 39.8. The van der Waals surface area contributed by atoms with Crippen molar-refractivity contribution in [1.82, 2.24) is 0 Å². The van der Waals surface area contributed by atoms with Crippen LogP contribution >= 0.6 is 27.5 Å². The summed E-state index contributed by atoms with van der Waals surface area (Å²) in [7, 11) is 0. The van der Waals surface area contributed by atoms with Crippen LogP contribution in [0.3, 0.4) is 0 Å². The monoisotopic (exact) mass is 351 g/mol. The van der Waals surface area contributed by atoms with E-state index in [1.807, 2.05) is 0 Å². The predicted octanol–water partition coefficient (Wildman–Crippen LogP) is 3.25. The van der Waals surface area contributed by atoms with Crippen LogP contribution in [-0.2, 0) is 0 Å². The Bertz CT molecular complexity index is 723. The van der Waals surface area contributed by atoms with E-state index in [0.29, 0.717) is 0 Å². The van der Waals surface area contributed by atoms with Crippen LogP contribution in [0.25, 0.3) is 0 Å². The number of nitro benzene ring substituents is 1. The highest BCUT2D eigenvalue weighted by Crippen LogP contribution is 2.36. The van der Waals surface area contributed by atoms with Crippen molar-refractivity contribution >= 4 is 38.9 Å². The van der Waals surface area contributed by atoms with E-state index in [2.05, 4.69) is 21.2 Å². The molecule has 0 bridgehead atoms. The van der Waals surface area contributed by atoms with E-state index in [1.54, 1.807) is 6.07 Å². The van der Waals surface area contributed by atoms with E-state index in [9.17, 15) is 10.1 Å². The Kier molecular flexibility index (Phi) is 5.05. The van der Waals surface area contributed by atoms with Gasteiger partial charge in [0.25, 0.3) is 5.69 Å². The van der Waals surface area contributed by atoms with Gasteiger partial charge in [-0.05, 0) is 22.0 Å². The van der Waals surface area contributed by atoms with Crippen molar-refractivity contribution in [2.45, 2.75) is 0 Å². The van der Waals surface area contributed by atoms with Gasteiger partial charge in [-0.25, -0.2) is 0 Å². The molecular weight excluding hydrogens is 350 g/mol. The second kappa shape index (κ2) is 6.53. The first-order chi connectivity index (χ1) is 9.44. The number of nitriles is 3. The molecule has 1 aromatic carbocycles. The Morgan fingerprint density at radius 3 is 2.35 bits per heavy atom. The zero-order valence-corrected chi connectivity index (χ0v) is 11.9. The number of benzene rings is 1. The van der Waals surface area contributed by atoms with Gasteiger partial charge in [-0.1, -0.05) is 11.6 Å². The van der Waals surface area contributed by atoms with Gasteiger partial charge in [0.05, 0.1) is 4.92 Å². The third-order valence-corrected chi connectivity index (χ3v) is 2.91. The van der Waals surface area contributed by atoms with Crippen molar-refractivity contribution < 1.29 is 4.92 Å². The maximum atomic E-state index is 11.0. The average molecular weight is 353 g/mol. The van der Waals surface area contributed by atoms with E-state index in [1.165, 1.54) is 18.2 Å². The highest BCUT2D eigenvalue weighted by atomic mass is 79.9. The summed E-state index contributed by atoms with van der Waals surface area (Å²) in [5.41, 5.74) is -1.34. The molecule has 20 heavy (non-hydrogen) atoms. The van der Waals surface area contributed by atoms with Crippen LogP contribution in [0.1, 0.15) is 0 Å². The van der Waals surface area contributed by atoms with Gasteiger partial charge in [-0.2, -0.15) is 15.8 Å². The zero-order chi connectivity index (χ0) is 15.3. The Labute approximate surface area is 126 Å². The van der Waals surface area contributed by atoms with Crippen molar-refractivity contribution in [2.75, 3.05) is 5.32 Å². The third kappa shape index (κ3) is 3.24. The molecule has 1 aromatic rings. The highest BCUT2D eigenvalue weighted by molar-refractivity contribution is 9.10. The molecule has 0 unspecified atom stereocenters. The van der Waals surface area contributed by atoms with Crippen molar-refractivity contribution in [3.63, 3.8) is 0 Å². The van der Waals surface area contributed by atoms with Gasteiger partial charge in [0, 0.05) is 15.6 Å². The largest absolute Gasteiger partial charge is 0.339 e. The molecule has 1 rings (SSSR count). The van der Waals surface area contributed by atoms with Gasteiger partial charge >= 0.3 is 0 Å². The van der Waals surface area contributed by atoms with Crippen molar-refractivity contribution in [1.29, 1.82) is 15.8 Å². The number of halogens is 2. The fourth-order valence-corrected chi connectivity index (χ4v) is 2.13. The zero-order valence-electron chi connectivity index (χ0n) is 9.52. The number of allylic oxidation sites excluding steroid dienone is 2. The molecule has 0 radical (unpaired) electrons. The maximum absolute atomic E-state index is 11.0. The Morgan fingerprint density at radius 2 is 1.90 bits per heavy atom. The minimum absolute atomic E-state index is 0.0704. The first-order valence-corrected chi connectivity index (χ1v) is 5.96. The summed E-state index contributed by atoms with van der Waals surface area (Å²) in [6, 6.07) is 7.12. The number of rotatable bonds is 3. The molecule has 0 aliphatic rings. The van der Waals surface area contributed by atoms with Crippen LogP contribution in [-0.4, -0.2) is 4.92 Å². The van der Waals surface area contributed by atoms with Crippen LogP contribution in [0.4, 0.5) is 11.4 Å². The fraction of sp³-hybridized carbons (Fsp3) is 0. The Balaban J connectivity index is 3.48. The van der Waals surface area contributed by atoms with Gasteiger partial charge in [0.15, 0.2) is 5.57 Å². The molecule has 0 saturated heterocycles. The maximum Gasteiger partial charge on any atom is 0.295 e. The van der Waals surface area contributed by atoms with E-state index < -0.39 is 16.2 Å². The van der Waals surface area contributed by atoms with Gasteiger partial charge in [-0.15, -0.1) is 0 Å². The molecule has 1 N–H and O–H groups in total. The smallest absolute Gasteiger partial charge is 0.295 e. The quantitative estimate of drug-likeness (QED) is 0.505. The Morgan fingerprint density at radius 1 is 1.30 bits per heavy atom. The number of hydrogen-bond acceptors (Lipinski definition) is 6. The molecule has 0 aliphatic carbocycles. The average Bonchev–Trinajstić information content (AvgIpc) is 2.40. The number of nitro groups is 1. The van der Waals surface area contributed by atoms with E-state index >= 15 is 0 Å². The lowest BCUT2D eigenvalue weighted by Crippen LogP contribution is -2.04. The Hall–Kier alpha value is -2.60. The molecule has 0 spiro atoms. The number of nitrogens with one attached hydrogen (secondary N) is 1. The summed E-state index contributed by atoms with van der Waals surface area (Å²) < 4.78 is 0.222. The van der Waals surface area contributed by atoms with Gasteiger partial charge in [0.1, 0.15) is 29.6 Å². The minimum atomic E-state index is -0.702. The fourth-order valence-electron chi connectivity index (χ4n) is 1.24. The SMILES string of the molecule is N#CC(C#N)=C(C#N)Nc1c(Br)cc(Cl)cc1[N+](=O)[O-]. The molecule has 0 aliphatic heterocycles. The van der Waals surface area contributed by atoms with Gasteiger partial charge < -0.3 is 5.32 Å². The predicted molar refractivity (Wildman–Crippen MR) is 73.3 cm³/mol. The highest BCUT2D eigenvalue weighted by Gasteiger charge is 2.20. The van der Waals surface area contributed by atoms with Crippen LogP contribution in [0.2, 0.25) is 5.02 Å². The third-order valence-electron chi connectivity index (χ3n) is 2.07. The number of anilines is 1. The summed E-state index contributed by atoms with van der Waals surface area (Å²) in [5.74, 6) is 0. The van der Waals surface area contributed by atoms with Crippen LogP contribution in [0.5, 0.6) is 0 Å². The molecule has 9 heteroatoms. The summed E-state index contributed by atoms with van der Waals surface area (Å²) in [4.78, 5) is 10.3. The molecular formula is C11H3BrClN5O2. The lowest BCUT2D eigenvalue weighted by molar-refractivity contribution is -0.384. The molecule has 0 heterocycles. The van der Waals surface area contributed by atoms with Crippen LogP contribution < -0.4 is 5.32 Å². The van der Waals surface area contributed by atoms with Crippen molar-refractivity contribution in [3.05, 3.63) is 43.0 Å². The van der Waals surface area contributed by atoms with E-state index in [-0.39, 0.29) is 20.9 Å². The van der Waals surface area contributed by atoms with Gasteiger partial charge in [-0.3, -0.25) is 10.1 Å². The number of nitrogens with zero attached hydrogens (tertiary/aromatic N) is 4. The first kappa shape index (κ1) is 15.5. The van der Waals surface area contributed by atoms with E-state index in [4.69, 9.17) is 27.4 Å². The van der Waals surface area contributed by atoms with Crippen LogP contribution in [0, 0.1) is 44.1 Å². The second-order valence-corrected chi connectivity index (χ2v) is 4.54. The van der Waals surface area contributed by atoms with Crippen molar-refractivity contribution in [2.24, 2.45) is 0 Å². The molecule has 0 aromatic heterocycles. The van der Waals surface area contributed by atoms with E-state index in [0.717, 1.165) is 6.07 Å². The molecule has 0 fully saturated rings. The molecule has 0 amide bonds. The normalized spacial score (nSPS) is 8.75. The summed E-state index contributed by atoms with van der Waals surface area (Å²) >= 11 is 8.78. The lowest BCUT2D eigenvalue weighted by Gasteiger charge is -2.08. The van der Waals surface area contributed by atoms with Gasteiger partial charge in [0.2, 0.25) is 0 Å². The molecule has 7 nitrogen and oxygen atoms in total. The number of hydrogen-bond donors (Lipinski definition) is 1. The van der Waals surface area contributed by atoms with Crippen molar-refractivity contribution in [3.8, 4) is 18.2 Å².